The van der Waals surface area contributed by atoms with Crippen LogP contribution in [-0.2, 0) is 14.3 Å². The van der Waals surface area contributed by atoms with E-state index in [0.29, 0.717) is 0 Å². The minimum Gasteiger partial charge on any atom is -0.458 e. The second-order valence-corrected chi connectivity index (χ2v) is 2.21. The van der Waals surface area contributed by atoms with Gasteiger partial charge in [0, 0.05) is 0 Å². The molecule has 3 heteroatoms. The Morgan fingerprint density at radius 1 is 1.44 bits per heavy atom. The maximum absolute atomic E-state index is 10.5. The van der Waals surface area contributed by atoms with Crippen molar-refractivity contribution in [1.82, 2.24) is 0 Å². The van der Waals surface area contributed by atoms with Crippen LogP contribution in [0.5, 0.6) is 0 Å². The van der Waals surface area contributed by atoms with Gasteiger partial charge in [0.25, 0.3) is 0 Å². The molecule has 0 bridgehead atoms. The highest BCUT2D eigenvalue weighted by atomic mass is 16.6. The lowest BCUT2D eigenvalue weighted by atomic mass is 10.2. The van der Waals surface area contributed by atoms with E-state index in [9.17, 15) is 4.79 Å². The number of carbonyl (C=O) groups is 1. The Morgan fingerprint density at radius 3 is 2.56 bits per heavy atom. The van der Waals surface area contributed by atoms with Gasteiger partial charge in [-0.2, -0.15) is 0 Å². The van der Waals surface area contributed by atoms with Crippen molar-refractivity contribution in [3.63, 3.8) is 0 Å². The summed E-state index contributed by atoms with van der Waals surface area (Å²) in [6, 6.07) is 0. The molecule has 3 nitrogen and oxygen atoms in total. The lowest BCUT2D eigenvalue weighted by Gasteiger charge is -2.25. The van der Waals surface area contributed by atoms with Crippen LogP contribution in [0.4, 0.5) is 0 Å². The van der Waals surface area contributed by atoms with Crippen LogP contribution >= 0.6 is 0 Å². The zero-order valence-corrected chi connectivity index (χ0v) is 5.59. The summed E-state index contributed by atoms with van der Waals surface area (Å²) in [4.78, 5) is 10.5. The number of ether oxygens (including phenoxy) is 2. The first-order chi connectivity index (χ1) is 4.20. The number of cyclic esters (lactones) is 1. The molecule has 1 rings (SSSR count). The zero-order valence-electron chi connectivity index (χ0n) is 5.59. The molecule has 1 saturated heterocycles. The lowest BCUT2D eigenvalue weighted by Crippen LogP contribution is -2.37. The summed E-state index contributed by atoms with van der Waals surface area (Å²) in [5.41, 5.74) is 0. The lowest BCUT2D eigenvalue weighted by molar-refractivity contribution is -0.178. The molecule has 0 aromatic heterocycles. The first-order valence-electron chi connectivity index (χ1n) is 3.01. The summed E-state index contributed by atoms with van der Waals surface area (Å²) < 4.78 is 9.86. The van der Waals surface area contributed by atoms with Crippen LogP contribution in [0.25, 0.3) is 0 Å². The van der Waals surface area contributed by atoms with Crippen molar-refractivity contribution >= 4 is 5.97 Å². The van der Waals surface area contributed by atoms with Gasteiger partial charge in [-0.25, -0.2) is 4.79 Å². The predicted molar refractivity (Wildman–Crippen MR) is 31.0 cm³/mol. The van der Waals surface area contributed by atoms with Crippen molar-refractivity contribution in [2.45, 2.75) is 26.1 Å². The molecule has 0 aromatic rings. The number of rotatable bonds is 0. The second kappa shape index (κ2) is 2.35. The van der Waals surface area contributed by atoms with E-state index >= 15 is 0 Å². The van der Waals surface area contributed by atoms with Gasteiger partial charge in [0.05, 0.1) is 6.10 Å². The largest absolute Gasteiger partial charge is 0.458 e. The molecule has 1 aliphatic rings. The average molecular weight is 130 g/mol. The van der Waals surface area contributed by atoms with Crippen LogP contribution in [0.15, 0.2) is 0 Å². The van der Waals surface area contributed by atoms with Crippen LogP contribution in [0.1, 0.15) is 13.8 Å². The molecule has 0 aromatic carbocycles. The molecular weight excluding hydrogens is 120 g/mol. The Labute approximate surface area is 53.9 Å². The number of esters is 1. The van der Waals surface area contributed by atoms with Gasteiger partial charge in [-0.1, -0.05) is 0 Å². The summed E-state index contributed by atoms with van der Waals surface area (Å²) >= 11 is 0. The molecule has 0 N–H and O–H groups in total. The smallest absolute Gasteiger partial charge is 0.332 e. The van der Waals surface area contributed by atoms with Crippen LogP contribution in [0.2, 0.25) is 0 Å². The fourth-order valence-corrected chi connectivity index (χ4v) is 0.672. The van der Waals surface area contributed by atoms with Crippen LogP contribution in [0.3, 0.4) is 0 Å². The van der Waals surface area contributed by atoms with Crippen LogP contribution in [0, 0.1) is 0 Å². The zero-order chi connectivity index (χ0) is 6.85. The Hall–Kier alpha value is -0.570. The van der Waals surface area contributed by atoms with Gasteiger partial charge in [0.2, 0.25) is 0 Å². The normalized spacial score (nSPS) is 36.0. The molecule has 0 saturated carbocycles. The Balaban J connectivity index is 2.44. The molecule has 0 aliphatic carbocycles. The highest BCUT2D eigenvalue weighted by Gasteiger charge is 2.23. The van der Waals surface area contributed by atoms with E-state index in [1.807, 2.05) is 13.8 Å². The molecule has 1 aliphatic heterocycles. The van der Waals surface area contributed by atoms with E-state index in [1.54, 1.807) is 0 Å². The summed E-state index contributed by atoms with van der Waals surface area (Å²) in [6.45, 7) is 3.81. The fraction of sp³-hybridized carbons (Fsp3) is 0.833. The third-order valence-electron chi connectivity index (χ3n) is 1.44. The van der Waals surface area contributed by atoms with E-state index in [0.717, 1.165) is 0 Å². The molecule has 9 heavy (non-hydrogen) atoms. The van der Waals surface area contributed by atoms with Gasteiger partial charge in [0.1, 0.15) is 12.7 Å². The van der Waals surface area contributed by atoms with E-state index < -0.39 is 0 Å². The van der Waals surface area contributed by atoms with Gasteiger partial charge < -0.3 is 9.47 Å². The average Bonchev–Trinajstić information content (AvgIpc) is 1.80. The van der Waals surface area contributed by atoms with Gasteiger partial charge in [0.15, 0.2) is 0 Å². The van der Waals surface area contributed by atoms with Gasteiger partial charge in [-0.3, -0.25) is 0 Å². The molecule has 2 atom stereocenters. The Kier molecular flexibility index (Phi) is 1.71. The van der Waals surface area contributed by atoms with E-state index in [1.165, 1.54) is 0 Å². The van der Waals surface area contributed by atoms with Crippen LogP contribution in [-0.4, -0.2) is 24.8 Å². The van der Waals surface area contributed by atoms with Gasteiger partial charge >= 0.3 is 5.97 Å². The summed E-state index contributed by atoms with van der Waals surface area (Å²) in [7, 11) is 0. The minimum absolute atomic E-state index is 0.0442. The third-order valence-corrected chi connectivity index (χ3v) is 1.44. The summed E-state index contributed by atoms with van der Waals surface area (Å²) in [5.74, 6) is -0.263. The highest BCUT2D eigenvalue weighted by molar-refractivity contribution is 5.71. The maximum atomic E-state index is 10.5. The summed E-state index contributed by atoms with van der Waals surface area (Å²) in [5, 5.41) is 0. The fourth-order valence-electron chi connectivity index (χ4n) is 0.672. The quantitative estimate of drug-likeness (QED) is 0.443. The SMILES string of the molecule is C[C@@H]1OCC(=O)O[C@@H]1C. The van der Waals surface area contributed by atoms with Crippen molar-refractivity contribution in [3.8, 4) is 0 Å². The third kappa shape index (κ3) is 1.42. The van der Waals surface area contributed by atoms with Crippen molar-refractivity contribution in [2.75, 3.05) is 6.61 Å². The van der Waals surface area contributed by atoms with Crippen molar-refractivity contribution < 1.29 is 14.3 Å². The Bertz CT molecular complexity index is 121. The number of carbonyl (C=O) groups excluding carboxylic acids is 1. The van der Waals surface area contributed by atoms with E-state index in [4.69, 9.17) is 9.47 Å². The molecule has 0 spiro atoms. The molecular formula is C6H10O3. The van der Waals surface area contributed by atoms with Crippen molar-refractivity contribution in [1.29, 1.82) is 0 Å². The summed E-state index contributed by atoms with van der Waals surface area (Å²) in [6.07, 6.45) is -0.0473. The monoisotopic (exact) mass is 130 g/mol. The first-order valence-corrected chi connectivity index (χ1v) is 3.01. The first kappa shape index (κ1) is 6.55. The van der Waals surface area contributed by atoms with Crippen molar-refractivity contribution in [2.24, 2.45) is 0 Å². The van der Waals surface area contributed by atoms with Gasteiger partial charge in [-0.15, -0.1) is 0 Å². The van der Waals surface area contributed by atoms with E-state index in [2.05, 4.69) is 0 Å². The van der Waals surface area contributed by atoms with Crippen LogP contribution < -0.4 is 0 Å². The topological polar surface area (TPSA) is 35.5 Å². The van der Waals surface area contributed by atoms with Crippen molar-refractivity contribution in [3.05, 3.63) is 0 Å². The van der Waals surface area contributed by atoms with Gasteiger partial charge in [-0.05, 0) is 13.8 Å². The highest BCUT2D eigenvalue weighted by Crippen LogP contribution is 2.08. The predicted octanol–water partition coefficient (Wildman–Crippen LogP) is 0.337. The molecule has 52 valence electrons. The number of hydrogen-bond acceptors (Lipinski definition) is 3. The Morgan fingerprint density at radius 2 is 2.11 bits per heavy atom. The maximum Gasteiger partial charge on any atom is 0.332 e. The molecule has 0 amide bonds. The molecule has 0 radical (unpaired) electrons. The number of hydrogen-bond donors (Lipinski definition) is 0. The van der Waals surface area contributed by atoms with E-state index in [-0.39, 0.29) is 24.8 Å². The molecule has 0 unspecified atom stereocenters. The molecule has 1 heterocycles. The second-order valence-electron chi connectivity index (χ2n) is 2.21. The minimum atomic E-state index is -0.263. The molecule has 1 fully saturated rings. The standard InChI is InChI=1S/C6H10O3/c1-4-5(2)9-6(7)3-8-4/h4-5H,3H2,1-2H3/t4-,5+/m0/s1.